The highest BCUT2D eigenvalue weighted by Crippen LogP contribution is 2.20. The number of phenols is 1. The molecule has 3 aromatic rings. The molecule has 0 saturated heterocycles. The zero-order valence-electron chi connectivity index (χ0n) is 19.0. The normalized spacial score (nSPS) is 10.5. The minimum absolute atomic E-state index is 0.0761. The standard InChI is InChI=1S/C23H29N7O4/c1-17(31)24-11-13-33-15-16-34-14-12-25-21-28-22(26-18-5-3-2-4-6-18)30-23(29-21)27-19-7-9-20(32)10-8-19/h2-10,32H,11-16H2,1H3,(H,24,31)(H3,25,26,27,28,29,30). The number of carbonyl (C=O) groups is 1. The second kappa shape index (κ2) is 13.6. The van der Waals surface area contributed by atoms with E-state index >= 15 is 0 Å². The summed E-state index contributed by atoms with van der Waals surface area (Å²) in [5, 5.41) is 21.6. The first-order chi connectivity index (χ1) is 16.6. The number of phenolic OH excluding ortho intramolecular Hbond substituents is 1. The van der Waals surface area contributed by atoms with Crippen molar-refractivity contribution in [1.82, 2.24) is 20.3 Å². The van der Waals surface area contributed by atoms with Crippen LogP contribution < -0.4 is 21.3 Å². The van der Waals surface area contributed by atoms with Crippen molar-refractivity contribution in [3.8, 4) is 5.75 Å². The van der Waals surface area contributed by atoms with Crippen molar-refractivity contribution in [2.24, 2.45) is 0 Å². The van der Waals surface area contributed by atoms with Crippen molar-refractivity contribution < 1.29 is 19.4 Å². The first-order valence-corrected chi connectivity index (χ1v) is 10.9. The maximum Gasteiger partial charge on any atom is 0.233 e. The number of ether oxygens (including phenoxy) is 2. The fraction of sp³-hybridized carbons (Fsp3) is 0.304. The SMILES string of the molecule is CC(=O)NCCOCCOCCNc1nc(Nc2ccccc2)nc(Nc2ccc(O)cc2)n1. The number of anilines is 5. The molecule has 11 heteroatoms. The van der Waals surface area contributed by atoms with Gasteiger partial charge in [-0.2, -0.15) is 15.0 Å². The Balaban J connectivity index is 1.51. The Kier molecular flexibility index (Phi) is 9.84. The molecule has 0 radical (unpaired) electrons. The number of nitrogens with zero attached hydrogens (tertiary/aromatic N) is 3. The summed E-state index contributed by atoms with van der Waals surface area (Å²) in [6, 6.07) is 16.2. The first kappa shape index (κ1) is 24.7. The van der Waals surface area contributed by atoms with Crippen LogP contribution in [0.15, 0.2) is 54.6 Å². The summed E-state index contributed by atoms with van der Waals surface area (Å²) >= 11 is 0. The van der Waals surface area contributed by atoms with Crippen LogP contribution in [0.5, 0.6) is 5.75 Å². The van der Waals surface area contributed by atoms with Gasteiger partial charge in [0.15, 0.2) is 0 Å². The van der Waals surface area contributed by atoms with E-state index in [1.165, 1.54) is 6.92 Å². The highest BCUT2D eigenvalue weighted by atomic mass is 16.5. The van der Waals surface area contributed by atoms with E-state index in [4.69, 9.17) is 9.47 Å². The third-order valence-corrected chi connectivity index (χ3v) is 4.31. The summed E-state index contributed by atoms with van der Waals surface area (Å²) in [7, 11) is 0. The molecular formula is C23H29N7O4. The van der Waals surface area contributed by atoms with E-state index in [0.29, 0.717) is 57.4 Å². The lowest BCUT2D eigenvalue weighted by molar-refractivity contribution is -0.119. The molecule has 0 aliphatic heterocycles. The highest BCUT2D eigenvalue weighted by Gasteiger charge is 2.08. The van der Waals surface area contributed by atoms with Gasteiger partial charge in [0.2, 0.25) is 23.8 Å². The molecule has 34 heavy (non-hydrogen) atoms. The van der Waals surface area contributed by atoms with Gasteiger partial charge in [-0.1, -0.05) is 18.2 Å². The smallest absolute Gasteiger partial charge is 0.233 e. The number of nitrogens with one attached hydrogen (secondary N) is 4. The van der Waals surface area contributed by atoms with E-state index in [1.807, 2.05) is 30.3 Å². The Labute approximate surface area is 198 Å². The van der Waals surface area contributed by atoms with Gasteiger partial charge in [-0.15, -0.1) is 0 Å². The van der Waals surface area contributed by atoms with Crippen LogP contribution in [0.2, 0.25) is 0 Å². The second-order valence-corrected chi connectivity index (χ2v) is 7.10. The van der Waals surface area contributed by atoms with Crippen molar-refractivity contribution in [1.29, 1.82) is 0 Å². The highest BCUT2D eigenvalue weighted by molar-refractivity contribution is 5.72. The molecule has 0 aliphatic carbocycles. The third-order valence-electron chi connectivity index (χ3n) is 4.31. The number of carbonyl (C=O) groups excluding carboxylic acids is 1. The van der Waals surface area contributed by atoms with Gasteiger partial charge in [0.1, 0.15) is 5.75 Å². The number of aromatic nitrogens is 3. The van der Waals surface area contributed by atoms with Gasteiger partial charge in [0.05, 0.1) is 26.4 Å². The maximum atomic E-state index is 10.8. The Bertz CT molecular complexity index is 1020. The molecule has 0 bridgehead atoms. The number of benzene rings is 2. The molecular weight excluding hydrogens is 438 g/mol. The molecule has 0 saturated carbocycles. The molecule has 0 unspecified atom stereocenters. The number of amides is 1. The average molecular weight is 468 g/mol. The Morgan fingerprint density at radius 3 is 1.94 bits per heavy atom. The summed E-state index contributed by atoms with van der Waals surface area (Å²) in [5.74, 6) is 1.19. The summed E-state index contributed by atoms with van der Waals surface area (Å²) < 4.78 is 10.9. The van der Waals surface area contributed by atoms with E-state index < -0.39 is 0 Å². The van der Waals surface area contributed by atoms with Crippen LogP contribution in [-0.4, -0.2) is 65.5 Å². The van der Waals surface area contributed by atoms with Crippen LogP contribution in [0.1, 0.15) is 6.92 Å². The van der Waals surface area contributed by atoms with E-state index in [-0.39, 0.29) is 11.7 Å². The van der Waals surface area contributed by atoms with Gasteiger partial charge >= 0.3 is 0 Å². The van der Waals surface area contributed by atoms with Gasteiger partial charge in [-0.25, -0.2) is 0 Å². The number of rotatable bonds is 14. The molecule has 0 fully saturated rings. The predicted molar refractivity (Wildman–Crippen MR) is 130 cm³/mol. The van der Waals surface area contributed by atoms with Crippen molar-refractivity contribution in [3.63, 3.8) is 0 Å². The summed E-state index contributed by atoms with van der Waals surface area (Å²) in [4.78, 5) is 24.0. The minimum atomic E-state index is -0.0761. The molecule has 3 rings (SSSR count). The van der Waals surface area contributed by atoms with Gasteiger partial charge in [-0.3, -0.25) is 4.79 Å². The topological polar surface area (TPSA) is 143 Å². The molecule has 1 heterocycles. The lowest BCUT2D eigenvalue weighted by Crippen LogP contribution is -2.25. The number of aromatic hydroxyl groups is 1. The van der Waals surface area contributed by atoms with Gasteiger partial charge < -0.3 is 35.8 Å². The second-order valence-electron chi connectivity index (χ2n) is 7.10. The third kappa shape index (κ3) is 9.27. The van der Waals surface area contributed by atoms with Crippen LogP contribution in [-0.2, 0) is 14.3 Å². The van der Waals surface area contributed by atoms with Gasteiger partial charge in [0, 0.05) is 31.4 Å². The summed E-state index contributed by atoms with van der Waals surface area (Å²) in [6.45, 7) is 4.19. The lowest BCUT2D eigenvalue weighted by Gasteiger charge is -2.12. The molecule has 0 atom stereocenters. The van der Waals surface area contributed by atoms with E-state index in [9.17, 15) is 9.90 Å². The lowest BCUT2D eigenvalue weighted by atomic mass is 10.3. The summed E-state index contributed by atoms with van der Waals surface area (Å²) in [5.41, 5.74) is 1.57. The maximum absolute atomic E-state index is 10.8. The fourth-order valence-corrected chi connectivity index (χ4v) is 2.75. The Morgan fingerprint density at radius 1 is 0.765 bits per heavy atom. The fourth-order valence-electron chi connectivity index (χ4n) is 2.75. The van der Waals surface area contributed by atoms with E-state index in [0.717, 1.165) is 11.4 Å². The number of para-hydroxylation sites is 1. The summed E-state index contributed by atoms with van der Waals surface area (Å²) in [6.07, 6.45) is 0. The number of hydrogen-bond acceptors (Lipinski definition) is 10. The number of hydrogen-bond donors (Lipinski definition) is 5. The molecule has 1 aromatic heterocycles. The van der Waals surface area contributed by atoms with E-state index in [1.54, 1.807) is 24.3 Å². The molecule has 1 amide bonds. The monoisotopic (exact) mass is 467 g/mol. The molecule has 11 nitrogen and oxygen atoms in total. The quantitative estimate of drug-likeness (QED) is 0.177. The Hall–Kier alpha value is -3.96. The zero-order chi connectivity index (χ0) is 24.0. The zero-order valence-corrected chi connectivity index (χ0v) is 19.0. The van der Waals surface area contributed by atoms with Crippen molar-refractivity contribution >= 4 is 35.1 Å². The minimum Gasteiger partial charge on any atom is -0.508 e. The van der Waals surface area contributed by atoms with Crippen LogP contribution in [0, 0.1) is 0 Å². The van der Waals surface area contributed by atoms with Crippen LogP contribution in [0.25, 0.3) is 0 Å². The van der Waals surface area contributed by atoms with E-state index in [2.05, 4.69) is 36.2 Å². The van der Waals surface area contributed by atoms with Crippen LogP contribution in [0.4, 0.5) is 29.2 Å². The largest absolute Gasteiger partial charge is 0.508 e. The predicted octanol–water partition coefficient (Wildman–Crippen LogP) is 2.65. The molecule has 0 spiro atoms. The molecule has 180 valence electrons. The van der Waals surface area contributed by atoms with Gasteiger partial charge in [0.25, 0.3) is 0 Å². The van der Waals surface area contributed by atoms with Crippen molar-refractivity contribution in [2.75, 3.05) is 55.5 Å². The van der Waals surface area contributed by atoms with Crippen LogP contribution in [0.3, 0.4) is 0 Å². The van der Waals surface area contributed by atoms with Crippen LogP contribution >= 0.6 is 0 Å². The molecule has 0 aliphatic rings. The van der Waals surface area contributed by atoms with Gasteiger partial charge in [-0.05, 0) is 36.4 Å². The molecule has 5 N–H and O–H groups in total. The first-order valence-electron chi connectivity index (χ1n) is 10.9. The molecule has 2 aromatic carbocycles. The average Bonchev–Trinajstić information content (AvgIpc) is 2.82. The Morgan fingerprint density at radius 2 is 1.32 bits per heavy atom. The van der Waals surface area contributed by atoms with Crippen molar-refractivity contribution in [3.05, 3.63) is 54.6 Å². The van der Waals surface area contributed by atoms with Crippen molar-refractivity contribution in [2.45, 2.75) is 6.92 Å².